The number of aryl methyl sites for hydroxylation is 1. The Hall–Kier alpha value is -2.29. The summed E-state index contributed by atoms with van der Waals surface area (Å²) >= 11 is 0. The topological polar surface area (TPSA) is 59.3 Å². The molecule has 0 aliphatic carbocycles. The van der Waals surface area contributed by atoms with E-state index in [1.165, 1.54) is 11.0 Å². The molecule has 1 saturated heterocycles. The van der Waals surface area contributed by atoms with Gasteiger partial charge in [0.2, 0.25) is 5.88 Å². The van der Waals surface area contributed by atoms with E-state index in [0.717, 1.165) is 32.0 Å². The van der Waals surface area contributed by atoms with Crippen LogP contribution in [0.5, 0.6) is 5.88 Å². The van der Waals surface area contributed by atoms with Crippen LogP contribution in [0.1, 0.15) is 17.7 Å². The van der Waals surface area contributed by atoms with Gasteiger partial charge >= 0.3 is 0 Å². The van der Waals surface area contributed by atoms with Gasteiger partial charge in [-0.05, 0) is 0 Å². The lowest BCUT2D eigenvalue weighted by molar-refractivity contribution is 0.142. The lowest BCUT2D eigenvalue weighted by atomic mass is 10.2. The van der Waals surface area contributed by atoms with E-state index < -0.39 is 6.43 Å². The Morgan fingerprint density at radius 3 is 2.62 bits per heavy atom. The number of alkyl halides is 2. The van der Waals surface area contributed by atoms with E-state index in [1.54, 1.807) is 26.4 Å². The van der Waals surface area contributed by atoms with Crippen molar-refractivity contribution in [2.75, 3.05) is 38.2 Å². The van der Waals surface area contributed by atoms with Gasteiger partial charge in [-0.15, -0.1) is 0 Å². The number of hydrogen-bond acceptors (Lipinski definition) is 6. The summed E-state index contributed by atoms with van der Waals surface area (Å²) in [5.74, 6) is 1.34. The predicted molar refractivity (Wildman–Crippen MR) is 84.2 cm³/mol. The zero-order valence-electron chi connectivity index (χ0n) is 13.7. The Morgan fingerprint density at radius 1 is 1.21 bits per heavy atom. The van der Waals surface area contributed by atoms with Crippen molar-refractivity contribution >= 4 is 5.82 Å². The lowest BCUT2D eigenvalue weighted by Crippen LogP contribution is -2.46. The molecule has 7 nitrogen and oxygen atoms in total. The minimum Gasteiger partial charge on any atom is -0.481 e. The molecule has 0 unspecified atom stereocenters. The fraction of sp³-hybridized carbons (Fsp3) is 0.533. The molecule has 0 saturated carbocycles. The molecular weight excluding hydrogens is 318 g/mol. The fourth-order valence-corrected chi connectivity index (χ4v) is 2.85. The highest BCUT2D eigenvalue weighted by Crippen LogP contribution is 2.23. The third-order valence-corrected chi connectivity index (χ3v) is 4.07. The number of piperazine rings is 1. The normalized spacial score (nSPS) is 16.0. The monoisotopic (exact) mass is 338 g/mol. The van der Waals surface area contributed by atoms with Crippen LogP contribution >= 0.6 is 0 Å². The molecule has 0 aromatic carbocycles. The summed E-state index contributed by atoms with van der Waals surface area (Å²) in [4.78, 5) is 12.6. The molecule has 2 aromatic rings. The first-order chi connectivity index (χ1) is 11.6. The van der Waals surface area contributed by atoms with Gasteiger partial charge in [0.15, 0.2) is 0 Å². The number of ether oxygens (including phenoxy) is 1. The van der Waals surface area contributed by atoms with Gasteiger partial charge in [-0.3, -0.25) is 9.58 Å². The molecule has 3 rings (SSSR count). The highest BCUT2D eigenvalue weighted by atomic mass is 19.3. The molecular formula is C15H20F2N6O. The van der Waals surface area contributed by atoms with Crippen LogP contribution in [0, 0.1) is 0 Å². The van der Waals surface area contributed by atoms with Crippen molar-refractivity contribution in [1.29, 1.82) is 0 Å². The average molecular weight is 338 g/mol. The van der Waals surface area contributed by atoms with Gasteiger partial charge in [0.05, 0.1) is 7.11 Å². The van der Waals surface area contributed by atoms with Crippen molar-refractivity contribution in [2.45, 2.75) is 13.0 Å². The second-order valence-electron chi connectivity index (χ2n) is 5.70. The fourth-order valence-electron chi connectivity index (χ4n) is 2.85. The molecule has 9 heteroatoms. The zero-order valence-corrected chi connectivity index (χ0v) is 13.7. The van der Waals surface area contributed by atoms with E-state index in [-0.39, 0.29) is 5.69 Å². The van der Waals surface area contributed by atoms with E-state index in [0.29, 0.717) is 18.0 Å². The van der Waals surface area contributed by atoms with Crippen molar-refractivity contribution in [3.63, 3.8) is 0 Å². The number of nitrogens with zero attached hydrogens (tertiary/aromatic N) is 6. The second-order valence-corrected chi connectivity index (χ2v) is 5.70. The number of methoxy groups -OCH3 is 1. The molecule has 0 atom stereocenters. The molecule has 0 amide bonds. The summed E-state index contributed by atoms with van der Waals surface area (Å²) in [6.45, 7) is 3.55. The van der Waals surface area contributed by atoms with Gasteiger partial charge in [0.1, 0.15) is 17.8 Å². The van der Waals surface area contributed by atoms with Crippen LogP contribution in [0.15, 0.2) is 18.6 Å². The third kappa shape index (κ3) is 3.61. The van der Waals surface area contributed by atoms with Crippen LogP contribution in [0.4, 0.5) is 14.6 Å². The Balaban J connectivity index is 1.61. The van der Waals surface area contributed by atoms with E-state index in [1.807, 2.05) is 0 Å². The first-order valence-corrected chi connectivity index (χ1v) is 7.70. The van der Waals surface area contributed by atoms with Crippen LogP contribution < -0.4 is 9.64 Å². The summed E-state index contributed by atoms with van der Waals surface area (Å²) < 4.78 is 32.6. The van der Waals surface area contributed by atoms with Crippen molar-refractivity contribution in [3.05, 3.63) is 29.8 Å². The molecule has 130 valence electrons. The Labute approximate surface area is 138 Å². The van der Waals surface area contributed by atoms with Gasteiger partial charge in [-0.2, -0.15) is 5.10 Å². The van der Waals surface area contributed by atoms with Gasteiger partial charge in [0.25, 0.3) is 6.43 Å². The van der Waals surface area contributed by atoms with Crippen molar-refractivity contribution < 1.29 is 13.5 Å². The standard InChI is InChI=1S/C15H20F2N6O/c1-21-8-11(14(20-21)15(16)17)9-22-3-5-23(6-4-22)12-7-13(24-2)19-10-18-12/h7-8,10,15H,3-6,9H2,1-2H3. The lowest BCUT2D eigenvalue weighted by Gasteiger charge is -2.35. The first kappa shape index (κ1) is 16.6. The average Bonchev–Trinajstić information content (AvgIpc) is 2.96. The molecule has 0 spiro atoms. The molecule has 24 heavy (non-hydrogen) atoms. The minimum absolute atomic E-state index is 0.125. The minimum atomic E-state index is -2.55. The Morgan fingerprint density at radius 2 is 1.96 bits per heavy atom. The number of anilines is 1. The summed E-state index contributed by atoms with van der Waals surface area (Å²) in [5.41, 5.74) is 0.463. The van der Waals surface area contributed by atoms with Crippen molar-refractivity contribution in [1.82, 2.24) is 24.6 Å². The van der Waals surface area contributed by atoms with E-state index in [4.69, 9.17) is 4.74 Å². The molecule has 3 heterocycles. The Kier molecular flexibility index (Phi) is 4.89. The van der Waals surface area contributed by atoms with Gasteiger partial charge in [0, 0.05) is 57.6 Å². The van der Waals surface area contributed by atoms with Crippen LogP contribution in [-0.4, -0.2) is 57.9 Å². The second kappa shape index (κ2) is 7.08. The van der Waals surface area contributed by atoms with Crippen LogP contribution in [0.3, 0.4) is 0 Å². The zero-order chi connectivity index (χ0) is 17.1. The summed E-state index contributed by atoms with van der Waals surface area (Å²) in [6.07, 6.45) is 0.602. The number of halogens is 2. The maximum atomic E-state index is 13.0. The number of rotatable bonds is 5. The number of aromatic nitrogens is 4. The maximum absolute atomic E-state index is 13.0. The van der Waals surface area contributed by atoms with Gasteiger partial charge < -0.3 is 9.64 Å². The van der Waals surface area contributed by atoms with Gasteiger partial charge in [-0.1, -0.05) is 0 Å². The van der Waals surface area contributed by atoms with Crippen LogP contribution in [0.2, 0.25) is 0 Å². The molecule has 1 aliphatic heterocycles. The quantitative estimate of drug-likeness (QED) is 0.823. The van der Waals surface area contributed by atoms with Crippen LogP contribution in [0.25, 0.3) is 0 Å². The molecule has 0 bridgehead atoms. The molecule has 0 N–H and O–H groups in total. The third-order valence-electron chi connectivity index (χ3n) is 4.07. The van der Waals surface area contributed by atoms with Crippen molar-refractivity contribution in [3.8, 4) is 5.88 Å². The van der Waals surface area contributed by atoms with Gasteiger partial charge in [-0.25, -0.2) is 18.7 Å². The highest BCUT2D eigenvalue weighted by molar-refractivity contribution is 5.41. The van der Waals surface area contributed by atoms with Crippen molar-refractivity contribution in [2.24, 2.45) is 7.05 Å². The molecule has 1 fully saturated rings. The maximum Gasteiger partial charge on any atom is 0.282 e. The van der Waals surface area contributed by atoms with E-state index in [9.17, 15) is 8.78 Å². The largest absolute Gasteiger partial charge is 0.481 e. The first-order valence-electron chi connectivity index (χ1n) is 7.70. The van der Waals surface area contributed by atoms with E-state index >= 15 is 0 Å². The number of hydrogen-bond donors (Lipinski definition) is 0. The summed E-state index contributed by atoms with van der Waals surface area (Å²) in [5, 5.41) is 3.86. The van der Waals surface area contributed by atoms with E-state index in [2.05, 4.69) is 24.9 Å². The molecule has 2 aromatic heterocycles. The summed E-state index contributed by atoms with van der Waals surface area (Å²) in [7, 11) is 3.23. The highest BCUT2D eigenvalue weighted by Gasteiger charge is 2.23. The predicted octanol–water partition coefficient (Wildman–Crippen LogP) is 1.48. The van der Waals surface area contributed by atoms with Crippen LogP contribution in [-0.2, 0) is 13.6 Å². The molecule has 1 aliphatic rings. The SMILES string of the molecule is COc1cc(N2CCN(Cc3cn(C)nc3C(F)F)CC2)ncn1. The molecule has 0 radical (unpaired) electrons. The summed E-state index contributed by atoms with van der Waals surface area (Å²) in [6, 6.07) is 1.80. The Bertz CT molecular complexity index is 684. The smallest absolute Gasteiger partial charge is 0.282 e.